The Labute approximate surface area is 185 Å². The summed E-state index contributed by atoms with van der Waals surface area (Å²) < 4.78 is 1.92. The van der Waals surface area contributed by atoms with E-state index in [-0.39, 0.29) is 6.61 Å². The number of hydrogen-bond acceptors (Lipinski definition) is 7. The zero-order chi connectivity index (χ0) is 22.7. The molecule has 162 valence electrons. The van der Waals surface area contributed by atoms with Crippen LogP contribution < -0.4 is 5.73 Å². The van der Waals surface area contributed by atoms with Gasteiger partial charge in [0.2, 0.25) is 0 Å². The molecule has 4 heterocycles. The Morgan fingerprint density at radius 2 is 1.78 bits per heavy atom. The second-order valence-electron chi connectivity index (χ2n) is 6.82. The highest BCUT2D eigenvalue weighted by atomic mass is 16.3. The molecule has 5 aromatic rings. The smallest absolute Gasteiger partial charge is 0.176 e. The molecule has 0 saturated carbocycles. The fraction of sp³-hybridized carbons (Fsp3) is 0.174. The minimum absolute atomic E-state index is 0.0277. The van der Waals surface area contributed by atoms with Crippen molar-refractivity contribution in [3.05, 3.63) is 72.2 Å². The van der Waals surface area contributed by atoms with E-state index in [9.17, 15) is 5.11 Å². The first-order chi connectivity index (χ1) is 15.6. The normalized spacial score (nSPS) is 10.8. The Bertz CT molecular complexity index is 1350. The lowest BCUT2D eigenvalue weighted by molar-refractivity contribution is 0.282. The minimum Gasteiger partial charge on any atom is -0.392 e. The van der Waals surface area contributed by atoms with Crippen molar-refractivity contribution in [2.75, 3.05) is 5.73 Å². The Balaban J connectivity index is 0.00000119. The molecule has 0 amide bonds. The van der Waals surface area contributed by atoms with E-state index in [0.717, 1.165) is 16.9 Å². The molecule has 0 atom stereocenters. The molecule has 4 aromatic heterocycles. The Hall–Kier alpha value is -4.11. The number of aromatic nitrogens is 7. The van der Waals surface area contributed by atoms with Crippen molar-refractivity contribution in [1.29, 1.82) is 0 Å². The third-order valence-corrected chi connectivity index (χ3v) is 4.76. The molecule has 0 radical (unpaired) electrons. The fourth-order valence-electron chi connectivity index (χ4n) is 3.29. The van der Waals surface area contributed by atoms with Gasteiger partial charge in [0.05, 0.1) is 24.1 Å². The van der Waals surface area contributed by atoms with Gasteiger partial charge in [0.1, 0.15) is 11.3 Å². The maximum Gasteiger partial charge on any atom is 0.176 e. The van der Waals surface area contributed by atoms with E-state index in [1.165, 1.54) is 4.80 Å². The first kappa shape index (κ1) is 21.1. The summed E-state index contributed by atoms with van der Waals surface area (Å²) in [5.74, 6) is 1.58. The number of nitrogens with zero attached hydrogens (tertiary/aromatic N) is 7. The monoisotopic (exact) mass is 428 g/mol. The van der Waals surface area contributed by atoms with Crippen LogP contribution in [0.1, 0.15) is 25.1 Å². The topological polar surface area (TPSA) is 121 Å². The van der Waals surface area contributed by atoms with E-state index in [4.69, 9.17) is 15.7 Å². The van der Waals surface area contributed by atoms with E-state index in [1.807, 2.05) is 73.9 Å². The third kappa shape index (κ3) is 3.81. The number of imidazole rings is 1. The largest absolute Gasteiger partial charge is 0.392 e. The van der Waals surface area contributed by atoms with Crippen LogP contribution in [0.3, 0.4) is 0 Å². The van der Waals surface area contributed by atoms with Gasteiger partial charge < -0.3 is 10.8 Å². The third-order valence-electron chi connectivity index (χ3n) is 4.76. The number of hydrogen-bond donors (Lipinski definition) is 2. The van der Waals surface area contributed by atoms with Crippen LogP contribution in [0, 0.1) is 6.92 Å². The quantitative estimate of drug-likeness (QED) is 0.449. The van der Waals surface area contributed by atoms with Gasteiger partial charge in [-0.05, 0) is 48.9 Å². The summed E-state index contributed by atoms with van der Waals surface area (Å²) >= 11 is 0. The summed E-state index contributed by atoms with van der Waals surface area (Å²) in [5, 5.41) is 18.0. The molecule has 0 aliphatic rings. The van der Waals surface area contributed by atoms with Crippen LogP contribution in [0.25, 0.3) is 34.1 Å². The molecule has 32 heavy (non-hydrogen) atoms. The highest BCUT2D eigenvalue weighted by Gasteiger charge is 2.19. The SMILES string of the molecule is CC.Cc1cnn(-c2ccc3nc(-c4cccnc4N)n(-c4ccc(CO)cc4)c3n2)n1. The van der Waals surface area contributed by atoms with Gasteiger partial charge in [-0.1, -0.05) is 26.0 Å². The number of nitrogen functional groups attached to an aromatic ring is 1. The van der Waals surface area contributed by atoms with E-state index >= 15 is 0 Å². The van der Waals surface area contributed by atoms with E-state index in [0.29, 0.717) is 34.2 Å². The molecule has 9 heteroatoms. The molecule has 3 N–H and O–H groups in total. The molecule has 0 bridgehead atoms. The van der Waals surface area contributed by atoms with Gasteiger partial charge in [0.15, 0.2) is 17.3 Å². The van der Waals surface area contributed by atoms with Crippen molar-refractivity contribution in [2.45, 2.75) is 27.4 Å². The number of aliphatic hydroxyl groups excluding tert-OH is 1. The molecule has 0 fully saturated rings. The zero-order valence-corrected chi connectivity index (χ0v) is 18.1. The standard InChI is InChI=1S/C21H18N8O.C2H6/c1-13-11-24-29(27-13)18-9-8-17-21(26-18)28(15-6-4-14(12-30)5-7-15)20(25-17)16-3-2-10-23-19(16)22;1-2/h2-11,30H,12H2,1H3,(H2,22,23);1-2H3. The molecule has 0 aliphatic carbocycles. The van der Waals surface area contributed by atoms with Crippen LogP contribution in [-0.4, -0.2) is 39.6 Å². The highest BCUT2D eigenvalue weighted by Crippen LogP contribution is 2.30. The van der Waals surface area contributed by atoms with Crippen LogP contribution in [0.2, 0.25) is 0 Å². The number of anilines is 1. The van der Waals surface area contributed by atoms with Gasteiger partial charge in [-0.3, -0.25) is 4.57 Å². The lowest BCUT2D eigenvalue weighted by atomic mass is 10.2. The molecule has 9 nitrogen and oxygen atoms in total. The number of benzene rings is 1. The molecule has 0 spiro atoms. The van der Waals surface area contributed by atoms with Crippen LogP contribution in [0.4, 0.5) is 5.82 Å². The zero-order valence-electron chi connectivity index (χ0n) is 18.1. The maximum atomic E-state index is 9.39. The minimum atomic E-state index is -0.0277. The van der Waals surface area contributed by atoms with Gasteiger partial charge >= 0.3 is 0 Å². The summed E-state index contributed by atoms with van der Waals surface area (Å²) in [6, 6.07) is 14.9. The van der Waals surface area contributed by atoms with E-state index in [1.54, 1.807) is 12.4 Å². The summed E-state index contributed by atoms with van der Waals surface area (Å²) in [5.41, 5.74) is 10.6. The second kappa shape index (κ2) is 8.94. The van der Waals surface area contributed by atoms with Crippen LogP contribution >= 0.6 is 0 Å². The van der Waals surface area contributed by atoms with E-state index < -0.39 is 0 Å². The van der Waals surface area contributed by atoms with Crippen molar-refractivity contribution < 1.29 is 5.11 Å². The van der Waals surface area contributed by atoms with Crippen molar-refractivity contribution in [3.8, 4) is 22.9 Å². The summed E-state index contributed by atoms with van der Waals surface area (Å²) in [6.45, 7) is 5.85. The molecular weight excluding hydrogens is 404 g/mol. The number of fused-ring (bicyclic) bond motifs is 1. The lowest BCUT2D eigenvalue weighted by Gasteiger charge is -2.11. The average molecular weight is 429 g/mol. The van der Waals surface area contributed by atoms with Gasteiger partial charge in [-0.25, -0.2) is 15.0 Å². The second-order valence-corrected chi connectivity index (χ2v) is 6.82. The predicted octanol–water partition coefficient (Wildman–Crippen LogP) is 3.47. The number of aliphatic hydroxyl groups is 1. The number of pyridine rings is 2. The molecular formula is C23H24N8O. The first-order valence-electron chi connectivity index (χ1n) is 10.3. The fourth-order valence-corrected chi connectivity index (χ4v) is 3.29. The first-order valence-corrected chi connectivity index (χ1v) is 10.3. The molecule has 1 aromatic carbocycles. The van der Waals surface area contributed by atoms with Crippen molar-refractivity contribution in [2.24, 2.45) is 0 Å². The maximum absolute atomic E-state index is 9.39. The summed E-state index contributed by atoms with van der Waals surface area (Å²) in [4.78, 5) is 15.3. The number of rotatable bonds is 4. The van der Waals surface area contributed by atoms with Gasteiger partial charge in [0.25, 0.3) is 0 Å². The molecule has 0 aliphatic heterocycles. The van der Waals surface area contributed by atoms with E-state index in [2.05, 4.69) is 15.2 Å². The predicted molar refractivity (Wildman–Crippen MR) is 123 cm³/mol. The summed E-state index contributed by atoms with van der Waals surface area (Å²) in [7, 11) is 0. The lowest BCUT2D eigenvalue weighted by Crippen LogP contribution is -2.05. The van der Waals surface area contributed by atoms with Crippen molar-refractivity contribution in [1.82, 2.24) is 34.5 Å². The Morgan fingerprint density at radius 1 is 1.00 bits per heavy atom. The van der Waals surface area contributed by atoms with Gasteiger partial charge in [-0.15, -0.1) is 4.80 Å². The van der Waals surface area contributed by atoms with Gasteiger partial charge in [0, 0.05) is 11.9 Å². The molecule has 0 saturated heterocycles. The number of aryl methyl sites for hydroxylation is 1. The Morgan fingerprint density at radius 3 is 2.44 bits per heavy atom. The van der Waals surface area contributed by atoms with Crippen molar-refractivity contribution in [3.63, 3.8) is 0 Å². The van der Waals surface area contributed by atoms with Crippen LogP contribution in [0.5, 0.6) is 0 Å². The molecule has 0 unspecified atom stereocenters. The summed E-state index contributed by atoms with van der Waals surface area (Å²) in [6.07, 6.45) is 3.32. The molecule has 5 rings (SSSR count). The average Bonchev–Trinajstić information content (AvgIpc) is 3.44. The van der Waals surface area contributed by atoms with Crippen LogP contribution in [0.15, 0.2) is 60.9 Å². The Kier molecular flexibility index (Phi) is 5.91. The van der Waals surface area contributed by atoms with Crippen molar-refractivity contribution >= 4 is 17.0 Å². The van der Waals surface area contributed by atoms with Crippen LogP contribution in [-0.2, 0) is 6.61 Å². The highest BCUT2D eigenvalue weighted by molar-refractivity contribution is 5.83. The number of nitrogens with two attached hydrogens (primary N) is 1. The van der Waals surface area contributed by atoms with Gasteiger partial charge in [-0.2, -0.15) is 10.2 Å².